The Bertz CT molecular complexity index is 670. The van der Waals surface area contributed by atoms with Crippen molar-refractivity contribution in [1.29, 1.82) is 0 Å². The molecular formula is C16H17N3O. The van der Waals surface area contributed by atoms with E-state index in [0.29, 0.717) is 6.54 Å². The van der Waals surface area contributed by atoms with Gasteiger partial charge < -0.3 is 14.3 Å². The standard InChI is InChI=1S/C16H17N3O/c1-17-11-14-7-8-15(20-14)12-19-10-9-18-16(19)13-5-3-2-4-6-13/h2-10,17H,11-12H2,1H3. The van der Waals surface area contributed by atoms with Gasteiger partial charge in [-0.15, -0.1) is 0 Å². The van der Waals surface area contributed by atoms with E-state index < -0.39 is 0 Å². The lowest BCUT2D eigenvalue weighted by Gasteiger charge is -2.06. The summed E-state index contributed by atoms with van der Waals surface area (Å²) in [5.74, 6) is 2.84. The first-order valence-corrected chi connectivity index (χ1v) is 6.65. The largest absolute Gasteiger partial charge is 0.463 e. The molecule has 0 amide bonds. The first kappa shape index (κ1) is 12.7. The van der Waals surface area contributed by atoms with Crippen LogP contribution in [0.25, 0.3) is 11.4 Å². The van der Waals surface area contributed by atoms with Crippen molar-refractivity contribution in [1.82, 2.24) is 14.9 Å². The zero-order valence-corrected chi connectivity index (χ0v) is 11.4. The highest BCUT2D eigenvalue weighted by Crippen LogP contribution is 2.18. The number of hydrogen-bond donors (Lipinski definition) is 1. The van der Waals surface area contributed by atoms with Gasteiger partial charge in [-0.25, -0.2) is 4.98 Å². The van der Waals surface area contributed by atoms with Crippen molar-refractivity contribution in [2.24, 2.45) is 0 Å². The zero-order chi connectivity index (χ0) is 13.8. The predicted octanol–water partition coefficient (Wildman–Crippen LogP) is 2.91. The third kappa shape index (κ3) is 2.65. The number of furan rings is 1. The second-order valence-electron chi connectivity index (χ2n) is 4.64. The molecule has 2 aromatic heterocycles. The van der Waals surface area contributed by atoms with E-state index in [2.05, 4.69) is 27.0 Å². The molecule has 0 spiro atoms. The van der Waals surface area contributed by atoms with Gasteiger partial charge in [-0.2, -0.15) is 0 Å². The van der Waals surface area contributed by atoms with Crippen molar-refractivity contribution >= 4 is 0 Å². The Labute approximate surface area is 118 Å². The van der Waals surface area contributed by atoms with Gasteiger partial charge in [-0.05, 0) is 19.2 Å². The molecule has 0 saturated heterocycles. The molecule has 0 bridgehead atoms. The quantitative estimate of drug-likeness (QED) is 0.773. The number of hydrogen-bond acceptors (Lipinski definition) is 3. The molecule has 4 heteroatoms. The third-order valence-electron chi connectivity index (χ3n) is 3.14. The number of imidazole rings is 1. The van der Waals surface area contributed by atoms with Gasteiger partial charge in [-0.1, -0.05) is 30.3 Å². The summed E-state index contributed by atoms with van der Waals surface area (Å²) < 4.78 is 7.87. The van der Waals surface area contributed by atoms with E-state index in [4.69, 9.17) is 4.42 Å². The fourth-order valence-corrected chi connectivity index (χ4v) is 2.23. The first-order chi connectivity index (χ1) is 9.86. The number of rotatable bonds is 5. The molecule has 0 aliphatic heterocycles. The Hall–Kier alpha value is -2.33. The van der Waals surface area contributed by atoms with Crippen molar-refractivity contribution in [3.63, 3.8) is 0 Å². The zero-order valence-electron chi connectivity index (χ0n) is 11.4. The summed E-state index contributed by atoms with van der Waals surface area (Å²) >= 11 is 0. The van der Waals surface area contributed by atoms with Crippen molar-refractivity contribution in [3.8, 4) is 11.4 Å². The molecule has 20 heavy (non-hydrogen) atoms. The minimum Gasteiger partial charge on any atom is -0.463 e. The third-order valence-corrected chi connectivity index (χ3v) is 3.14. The lowest BCUT2D eigenvalue weighted by molar-refractivity contribution is 0.445. The smallest absolute Gasteiger partial charge is 0.140 e. The van der Waals surface area contributed by atoms with Gasteiger partial charge in [0, 0.05) is 18.0 Å². The summed E-state index contributed by atoms with van der Waals surface area (Å²) in [6.45, 7) is 1.43. The summed E-state index contributed by atoms with van der Waals surface area (Å²) in [6, 6.07) is 14.2. The molecule has 1 N–H and O–H groups in total. The average Bonchev–Trinajstić information content (AvgIpc) is 3.10. The minimum absolute atomic E-state index is 0.688. The van der Waals surface area contributed by atoms with E-state index in [9.17, 15) is 0 Å². The summed E-state index contributed by atoms with van der Waals surface area (Å²) in [4.78, 5) is 4.43. The minimum atomic E-state index is 0.688. The monoisotopic (exact) mass is 267 g/mol. The number of aromatic nitrogens is 2. The molecule has 2 heterocycles. The fourth-order valence-electron chi connectivity index (χ4n) is 2.23. The van der Waals surface area contributed by atoms with E-state index >= 15 is 0 Å². The van der Waals surface area contributed by atoms with Gasteiger partial charge in [0.25, 0.3) is 0 Å². The van der Waals surface area contributed by atoms with E-state index in [1.165, 1.54) is 0 Å². The van der Waals surface area contributed by atoms with Crippen LogP contribution < -0.4 is 5.32 Å². The number of nitrogens with one attached hydrogen (secondary N) is 1. The maximum absolute atomic E-state index is 5.78. The molecular weight excluding hydrogens is 250 g/mol. The van der Waals surface area contributed by atoms with Crippen LogP contribution in [0.5, 0.6) is 0 Å². The molecule has 3 rings (SSSR count). The van der Waals surface area contributed by atoms with Crippen LogP contribution in [0.4, 0.5) is 0 Å². The van der Waals surface area contributed by atoms with Gasteiger partial charge in [0.05, 0.1) is 13.1 Å². The lowest BCUT2D eigenvalue weighted by Crippen LogP contribution is -2.03. The number of nitrogens with zero attached hydrogens (tertiary/aromatic N) is 2. The molecule has 3 aromatic rings. The Morgan fingerprint density at radius 2 is 1.90 bits per heavy atom. The molecule has 0 aliphatic carbocycles. The molecule has 0 aliphatic rings. The van der Waals surface area contributed by atoms with Crippen LogP contribution in [-0.2, 0) is 13.1 Å². The van der Waals surface area contributed by atoms with E-state index in [0.717, 1.165) is 29.5 Å². The van der Waals surface area contributed by atoms with Crippen LogP contribution >= 0.6 is 0 Å². The van der Waals surface area contributed by atoms with Crippen LogP contribution in [0.3, 0.4) is 0 Å². The van der Waals surface area contributed by atoms with Crippen molar-refractivity contribution in [3.05, 3.63) is 66.4 Å². The van der Waals surface area contributed by atoms with Gasteiger partial charge in [0.15, 0.2) is 0 Å². The highest BCUT2D eigenvalue weighted by molar-refractivity contribution is 5.55. The van der Waals surface area contributed by atoms with Crippen LogP contribution in [-0.4, -0.2) is 16.6 Å². The van der Waals surface area contributed by atoms with Crippen LogP contribution in [0.15, 0.2) is 59.3 Å². The first-order valence-electron chi connectivity index (χ1n) is 6.65. The summed E-state index contributed by atoms with van der Waals surface area (Å²) in [5.41, 5.74) is 1.11. The van der Waals surface area contributed by atoms with Crippen LogP contribution in [0, 0.1) is 0 Å². The Balaban J connectivity index is 1.83. The predicted molar refractivity (Wildman–Crippen MR) is 78.2 cm³/mol. The summed E-state index contributed by atoms with van der Waals surface area (Å²) in [6.07, 6.45) is 3.79. The second kappa shape index (κ2) is 5.75. The van der Waals surface area contributed by atoms with Gasteiger partial charge in [0.2, 0.25) is 0 Å². The maximum Gasteiger partial charge on any atom is 0.140 e. The highest BCUT2D eigenvalue weighted by Gasteiger charge is 2.08. The molecule has 0 radical (unpaired) electrons. The van der Waals surface area contributed by atoms with Gasteiger partial charge >= 0.3 is 0 Å². The van der Waals surface area contributed by atoms with Crippen LogP contribution in [0.2, 0.25) is 0 Å². The van der Waals surface area contributed by atoms with Crippen molar-refractivity contribution < 1.29 is 4.42 Å². The molecule has 0 unspecified atom stereocenters. The molecule has 102 valence electrons. The average molecular weight is 267 g/mol. The Morgan fingerprint density at radius 1 is 1.10 bits per heavy atom. The molecule has 0 atom stereocenters. The number of benzene rings is 1. The van der Waals surface area contributed by atoms with Crippen molar-refractivity contribution in [2.45, 2.75) is 13.1 Å². The van der Waals surface area contributed by atoms with Crippen LogP contribution in [0.1, 0.15) is 11.5 Å². The summed E-state index contributed by atoms with van der Waals surface area (Å²) in [7, 11) is 1.91. The van der Waals surface area contributed by atoms with Gasteiger partial charge in [-0.3, -0.25) is 0 Å². The fraction of sp³-hybridized carbons (Fsp3) is 0.188. The summed E-state index contributed by atoms with van der Waals surface area (Å²) in [5, 5.41) is 3.08. The highest BCUT2D eigenvalue weighted by atomic mass is 16.3. The molecule has 0 saturated carbocycles. The van der Waals surface area contributed by atoms with E-state index in [1.54, 1.807) is 0 Å². The maximum atomic E-state index is 5.78. The molecule has 4 nitrogen and oxygen atoms in total. The van der Waals surface area contributed by atoms with Crippen molar-refractivity contribution in [2.75, 3.05) is 7.05 Å². The van der Waals surface area contributed by atoms with E-state index in [-0.39, 0.29) is 0 Å². The van der Waals surface area contributed by atoms with Gasteiger partial charge in [0.1, 0.15) is 17.3 Å². The topological polar surface area (TPSA) is 43.0 Å². The van der Waals surface area contributed by atoms with E-state index in [1.807, 2.05) is 49.8 Å². The second-order valence-corrected chi connectivity index (χ2v) is 4.64. The Morgan fingerprint density at radius 3 is 2.70 bits per heavy atom. The normalized spacial score (nSPS) is 10.8. The Kier molecular flexibility index (Phi) is 3.65. The molecule has 0 fully saturated rings. The molecule has 1 aromatic carbocycles. The SMILES string of the molecule is CNCc1ccc(Cn2ccnc2-c2ccccc2)o1. The lowest BCUT2D eigenvalue weighted by atomic mass is 10.2.